The number of carboxylic acid groups (broad SMARTS) is 2. The molecule has 0 aliphatic heterocycles. The van der Waals surface area contributed by atoms with Gasteiger partial charge in [0.15, 0.2) is 0 Å². The zero-order chi connectivity index (χ0) is 13.4. The smallest absolute Gasteiger partial charge is 1.00 e. The molecule has 1 rings (SSSR count). The Morgan fingerprint density at radius 2 is 1.67 bits per heavy atom. The summed E-state index contributed by atoms with van der Waals surface area (Å²) in [5.41, 5.74) is -0.0323. The summed E-state index contributed by atoms with van der Waals surface area (Å²) >= 11 is 4.89. The molecule has 2 N–H and O–H groups in total. The summed E-state index contributed by atoms with van der Waals surface area (Å²) in [6, 6.07) is 6.78. The van der Waals surface area contributed by atoms with E-state index in [1.807, 2.05) is 0 Å². The fourth-order valence-corrected chi connectivity index (χ4v) is 1.000. The molecule has 0 unspecified atom stereocenters. The van der Waals surface area contributed by atoms with Gasteiger partial charge in [-0.05, 0) is 18.6 Å². The third kappa shape index (κ3) is 9.57. The summed E-state index contributed by atoms with van der Waals surface area (Å²) in [4.78, 5) is 30.0. The van der Waals surface area contributed by atoms with E-state index in [-0.39, 0.29) is 52.8 Å². The van der Waals surface area contributed by atoms with Gasteiger partial charge in [0.05, 0.1) is 5.56 Å². The molecular formula is C10H10ClKO6. The second-order valence-corrected chi connectivity index (χ2v) is 3.03. The monoisotopic (exact) mass is 300 g/mol. The summed E-state index contributed by atoms with van der Waals surface area (Å²) in [6.45, 7) is 1.75. The third-order valence-electron chi connectivity index (χ3n) is 1.54. The van der Waals surface area contributed by atoms with Crippen molar-refractivity contribution in [2.45, 2.75) is 6.92 Å². The first-order valence-corrected chi connectivity index (χ1v) is 4.61. The molecule has 1 aromatic rings. The second-order valence-electron chi connectivity index (χ2n) is 2.72. The van der Waals surface area contributed by atoms with Crippen molar-refractivity contribution in [1.29, 1.82) is 0 Å². The van der Waals surface area contributed by atoms with Crippen LogP contribution in [0.1, 0.15) is 17.3 Å². The first-order valence-electron chi connectivity index (χ1n) is 4.23. The average molecular weight is 301 g/mol. The molecule has 0 atom stereocenters. The average Bonchev–Trinajstić information content (AvgIpc) is 2.16. The van der Waals surface area contributed by atoms with Crippen LogP contribution in [-0.4, -0.2) is 27.8 Å². The molecule has 94 valence electrons. The maximum atomic E-state index is 11.1. The molecule has 6 nitrogen and oxygen atoms in total. The van der Waals surface area contributed by atoms with Crippen molar-refractivity contribution in [1.82, 2.24) is 0 Å². The molecule has 0 radical (unpaired) electrons. The molecule has 0 fully saturated rings. The second kappa shape index (κ2) is 10.5. The maximum absolute atomic E-state index is 11.1. The SMILES string of the molecule is Cc1ccccc1C(=O)OC(=O)Cl.O=C(O)O.[H-].[K+]. The number of ether oxygens (including phenoxy) is 1. The molecule has 0 heterocycles. The van der Waals surface area contributed by atoms with E-state index in [9.17, 15) is 9.59 Å². The van der Waals surface area contributed by atoms with E-state index < -0.39 is 17.6 Å². The van der Waals surface area contributed by atoms with Crippen LogP contribution in [0.15, 0.2) is 24.3 Å². The Morgan fingerprint density at radius 1 is 1.22 bits per heavy atom. The van der Waals surface area contributed by atoms with Gasteiger partial charge in [0.25, 0.3) is 0 Å². The van der Waals surface area contributed by atoms with Gasteiger partial charge in [-0.25, -0.2) is 14.4 Å². The fourth-order valence-electron chi connectivity index (χ4n) is 0.930. The van der Waals surface area contributed by atoms with Gasteiger partial charge >= 0.3 is 68.9 Å². The van der Waals surface area contributed by atoms with Gasteiger partial charge in [-0.1, -0.05) is 18.2 Å². The first kappa shape index (κ1) is 19.9. The summed E-state index contributed by atoms with van der Waals surface area (Å²) in [6.07, 6.45) is -1.83. The molecule has 0 spiro atoms. The van der Waals surface area contributed by atoms with Crippen LogP contribution < -0.4 is 51.4 Å². The number of hydrogen-bond donors (Lipinski definition) is 2. The van der Waals surface area contributed by atoms with E-state index in [2.05, 4.69) is 4.74 Å². The zero-order valence-corrected chi connectivity index (χ0v) is 13.6. The quantitative estimate of drug-likeness (QED) is 0.324. The Bertz CT molecular complexity index is 436. The van der Waals surface area contributed by atoms with E-state index in [1.165, 1.54) is 0 Å². The molecule has 0 saturated carbocycles. The normalized spacial score (nSPS) is 8.11. The Labute approximate surface area is 152 Å². The standard InChI is InChI=1S/C9H7ClO3.CH2O3.K.H/c1-6-4-2-3-5-7(6)8(11)13-9(10)12;2-1(3)4;;/h2-5H,1H3;(H2,2,3,4);;/q;;+1;-1. The molecule has 0 amide bonds. The van der Waals surface area contributed by atoms with Crippen molar-refractivity contribution < 1.29 is 82.1 Å². The van der Waals surface area contributed by atoms with Gasteiger partial charge in [-0.3, -0.25) is 0 Å². The third-order valence-corrected chi connectivity index (χ3v) is 1.62. The number of rotatable bonds is 1. The van der Waals surface area contributed by atoms with Gasteiger partial charge in [-0.15, -0.1) is 0 Å². The van der Waals surface area contributed by atoms with Crippen LogP contribution >= 0.6 is 11.6 Å². The summed E-state index contributed by atoms with van der Waals surface area (Å²) < 4.78 is 4.20. The van der Waals surface area contributed by atoms with E-state index in [1.54, 1.807) is 31.2 Å². The largest absolute Gasteiger partial charge is 1.00 e. The zero-order valence-electron chi connectivity index (χ0n) is 10.7. The minimum atomic E-state index is -1.83. The van der Waals surface area contributed by atoms with E-state index in [0.29, 0.717) is 5.56 Å². The van der Waals surface area contributed by atoms with Crippen LogP contribution in [0.3, 0.4) is 0 Å². The van der Waals surface area contributed by atoms with E-state index in [4.69, 9.17) is 26.6 Å². The minimum Gasteiger partial charge on any atom is -1.00 e. The van der Waals surface area contributed by atoms with Gasteiger partial charge in [0.1, 0.15) is 0 Å². The van der Waals surface area contributed by atoms with Crippen LogP contribution in [0.2, 0.25) is 0 Å². The number of carbonyl (C=O) groups is 3. The number of esters is 1. The molecule has 8 heteroatoms. The fraction of sp³-hybridized carbons (Fsp3) is 0.100. The number of aryl methyl sites for hydroxylation is 1. The van der Waals surface area contributed by atoms with Crippen molar-refractivity contribution in [3.05, 3.63) is 35.4 Å². The molecule has 0 saturated heterocycles. The summed E-state index contributed by atoms with van der Waals surface area (Å²) in [5.74, 6) is -0.724. The Balaban J connectivity index is -0.000000379. The van der Waals surface area contributed by atoms with Crippen molar-refractivity contribution in [3.8, 4) is 0 Å². The van der Waals surface area contributed by atoms with Crippen LogP contribution in [0.4, 0.5) is 9.59 Å². The van der Waals surface area contributed by atoms with E-state index >= 15 is 0 Å². The topological polar surface area (TPSA) is 101 Å². The van der Waals surface area contributed by atoms with Gasteiger partial charge in [-0.2, -0.15) is 0 Å². The molecular weight excluding hydrogens is 291 g/mol. The molecule has 0 bridgehead atoms. The molecule has 0 aliphatic carbocycles. The molecule has 0 aliphatic rings. The molecule has 18 heavy (non-hydrogen) atoms. The number of benzene rings is 1. The molecule has 1 aromatic carbocycles. The summed E-state index contributed by atoms with van der Waals surface area (Å²) in [7, 11) is 0. The number of hydrogen-bond acceptors (Lipinski definition) is 4. The van der Waals surface area contributed by atoms with Gasteiger partial charge in [0.2, 0.25) is 0 Å². The Kier molecular flexibility index (Phi) is 11.6. The van der Waals surface area contributed by atoms with Crippen LogP contribution in [0, 0.1) is 6.92 Å². The van der Waals surface area contributed by atoms with Crippen molar-refractivity contribution in [2.24, 2.45) is 0 Å². The minimum absolute atomic E-state index is 0. The maximum Gasteiger partial charge on any atom is 1.00 e. The van der Waals surface area contributed by atoms with Crippen LogP contribution in [0.5, 0.6) is 0 Å². The van der Waals surface area contributed by atoms with Crippen molar-refractivity contribution in [2.75, 3.05) is 0 Å². The number of halogens is 1. The summed E-state index contributed by atoms with van der Waals surface area (Å²) in [5, 5.41) is 13.9. The first-order chi connectivity index (χ1) is 7.84. The predicted molar refractivity (Wildman–Crippen MR) is 59.6 cm³/mol. The van der Waals surface area contributed by atoms with Crippen molar-refractivity contribution in [3.63, 3.8) is 0 Å². The van der Waals surface area contributed by atoms with E-state index in [0.717, 1.165) is 5.56 Å². The van der Waals surface area contributed by atoms with Crippen molar-refractivity contribution >= 4 is 29.2 Å². The molecule has 0 aromatic heterocycles. The number of carbonyl (C=O) groups excluding carboxylic acids is 2. The van der Waals surface area contributed by atoms with Crippen LogP contribution in [-0.2, 0) is 4.74 Å². The van der Waals surface area contributed by atoms with Crippen LogP contribution in [0.25, 0.3) is 0 Å². The predicted octanol–water partition coefficient (Wildman–Crippen LogP) is -0.150. The van der Waals surface area contributed by atoms with Gasteiger partial charge in [0, 0.05) is 11.6 Å². The van der Waals surface area contributed by atoms with Gasteiger partial charge < -0.3 is 16.4 Å². The Hall–Kier alpha value is -0.444. The Morgan fingerprint density at radius 3 is 2.06 bits per heavy atom.